The summed E-state index contributed by atoms with van der Waals surface area (Å²) >= 11 is 0. The number of carbonyl (C=O) groups is 1. The molecule has 0 radical (unpaired) electrons. The van der Waals surface area contributed by atoms with Gasteiger partial charge in [0, 0.05) is 5.39 Å². The highest BCUT2D eigenvalue weighted by Gasteiger charge is 2.12. The van der Waals surface area contributed by atoms with E-state index in [4.69, 9.17) is 9.26 Å². The molecule has 90 valence electrons. The van der Waals surface area contributed by atoms with Gasteiger partial charge in [0.15, 0.2) is 5.58 Å². The van der Waals surface area contributed by atoms with Gasteiger partial charge in [0.2, 0.25) is 0 Å². The van der Waals surface area contributed by atoms with Gasteiger partial charge in [-0.2, -0.15) is 0 Å². The minimum absolute atomic E-state index is 0.167. The number of unbranched alkanes of at least 4 members (excludes halogenated alkanes) is 1. The summed E-state index contributed by atoms with van der Waals surface area (Å²) in [5, 5.41) is 4.76. The lowest BCUT2D eigenvalue weighted by atomic mass is 10.2. The fourth-order valence-electron chi connectivity index (χ4n) is 1.58. The van der Waals surface area contributed by atoms with Gasteiger partial charge in [-0.15, -0.1) is 0 Å². The van der Waals surface area contributed by atoms with E-state index in [2.05, 4.69) is 12.1 Å². The molecule has 17 heavy (non-hydrogen) atoms. The van der Waals surface area contributed by atoms with E-state index in [0.29, 0.717) is 17.9 Å². The summed E-state index contributed by atoms with van der Waals surface area (Å²) in [7, 11) is 0. The summed E-state index contributed by atoms with van der Waals surface area (Å²) in [5.74, 6) is -0.252. The average Bonchev–Trinajstić information content (AvgIpc) is 2.73. The van der Waals surface area contributed by atoms with Crippen LogP contribution < -0.4 is 0 Å². The van der Waals surface area contributed by atoms with Crippen molar-refractivity contribution in [1.29, 1.82) is 0 Å². The SMILES string of the molecule is CCCCOC(=O)Cc1noc2ccccc12. The maximum absolute atomic E-state index is 11.5. The summed E-state index contributed by atoms with van der Waals surface area (Å²) in [5.41, 5.74) is 1.34. The van der Waals surface area contributed by atoms with Crippen LogP contribution in [0.4, 0.5) is 0 Å². The fourth-order valence-corrected chi connectivity index (χ4v) is 1.58. The number of benzene rings is 1. The molecule has 4 nitrogen and oxygen atoms in total. The second kappa shape index (κ2) is 5.48. The Balaban J connectivity index is 2.01. The Kier molecular flexibility index (Phi) is 3.75. The molecule has 2 rings (SSSR count). The van der Waals surface area contributed by atoms with Crippen molar-refractivity contribution >= 4 is 16.9 Å². The van der Waals surface area contributed by atoms with Gasteiger partial charge in [-0.3, -0.25) is 4.79 Å². The molecule has 0 unspecified atom stereocenters. The van der Waals surface area contributed by atoms with Crippen LogP contribution in [0.1, 0.15) is 25.5 Å². The van der Waals surface area contributed by atoms with E-state index in [0.717, 1.165) is 18.2 Å². The Labute approximate surface area is 99.5 Å². The quantitative estimate of drug-likeness (QED) is 0.588. The van der Waals surface area contributed by atoms with Crippen molar-refractivity contribution in [3.05, 3.63) is 30.0 Å². The molecule has 0 fully saturated rings. The van der Waals surface area contributed by atoms with Crippen LogP contribution in [0.2, 0.25) is 0 Å². The highest BCUT2D eigenvalue weighted by atomic mass is 16.5. The predicted octanol–water partition coefficient (Wildman–Crippen LogP) is 2.71. The number of carbonyl (C=O) groups excluding carboxylic acids is 1. The largest absolute Gasteiger partial charge is 0.465 e. The van der Waals surface area contributed by atoms with Gasteiger partial charge in [0.1, 0.15) is 5.69 Å². The Morgan fingerprint density at radius 3 is 3.06 bits per heavy atom. The van der Waals surface area contributed by atoms with E-state index in [9.17, 15) is 4.79 Å². The van der Waals surface area contributed by atoms with Crippen molar-refractivity contribution in [2.45, 2.75) is 26.2 Å². The third-order valence-corrected chi connectivity index (χ3v) is 2.52. The lowest BCUT2D eigenvalue weighted by Gasteiger charge is -2.01. The second-order valence-electron chi connectivity index (χ2n) is 3.88. The van der Waals surface area contributed by atoms with Crippen molar-refractivity contribution in [2.24, 2.45) is 0 Å². The minimum Gasteiger partial charge on any atom is -0.465 e. The van der Waals surface area contributed by atoms with Gasteiger partial charge >= 0.3 is 5.97 Å². The number of esters is 1. The molecule has 0 amide bonds. The molecule has 0 saturated carbocycles. The van der Waals surface area contributed by atoms with Crippen molar-refractivity contribution < 1.29 is 14.1 Å². The molecule has 0 aliphatic rings. The molecule has 0 N–H and O–H groups in total. The summed E-state index contributed by atoms with van der Waals surface area (Å²) in [4.78, 5) is 11.5. The van der Waals surface area contributed by atoms with E-state index in [-0.39, 0.29) is 12.4 Å². The van der Waals surface area contributed by atoms with Crippen molar-refractivity contribution in [1.82, 2.24) is 5.16 Å². The van der Waals surface area contributed by atoms with Gasteiger partial charge in [-0.1, -0.05) is 30.6 Å². The molecule has 1 aromatic heterocycles. The molecule has 0 spiro atoms. The fraction of sp³-hybridized carbons (Fsp3) is 0.385. The number of ether oxygens (including phenoxy) is 1. The van der Waals surface area contributed by atoms with Crippen LogP contribution in [0.5, 0.6) is 0 Å². The van der Waals surface area contributed by atoms with Gasteiger partial charge in [0.25, 0.3) is 0 Å². The van der Waals surface area contributed by atoms with Crippen LogP contribution in [0.25, 0.3) is 11.0 Å². The maximum atomic E-state index is 11.5. The normalized spacial score (nSPS) is 10.6. The van der Waals surface area contributed by atoms with Crippen LogP contribution in [0.15, 0.2) is 28.8 Å². The number of fused-ring (bicyclic) bond motifs is 1. The zero-order chi connectivity index (χ0) is 12.1. The Hall–Kier alpha value is -1.84. The maximum Gasteiger partial charge on any atom is 0.312 e. The summed E-state index contributed by atoms with van der Waals surface area (Å²) in [6, 6.07) is 7.48. The Bertz CT molecular complexity index is 504. The van der Waals surface area contributed by atoms with E-state index in [1.165, 1.54) is 0 Å². The van der Waals surface area contributed by atoms with Crippen molar-refractivity contribution in [2.75, 3.05) is 6.61 Å². The van der Waals surface area contributed by atoms with Gasteiger partial charge in [-0.25, -0.2) is 0 Å². The summed E-state index contributed by atoms with van der Waals surface area (Å²) in [6.07, 6.45) is 2.08. The molecule has 0 aliphatic heterocycles. The lowest BCUT2D eigenvalue weighted by molar-refractivity contribution is -0.143. The molecule has 0 aliphatic carbocycles. The van der Waals surface area contributed by atoms with Crippen LogP contribution in [0, 0.1) is 0 Å². The zero-order valence-corrected chi connectivity index (χ0v) is 9.81. The number of hydrogen-bond acceptors (Lipinski definition) is 4. The van der Waals surface area contributed by atoms with Crippen LogP contribution in [-0.2, 0) is 16.0 Å². The summed E-state index contributed by atoms with van der Waals surface area (Å²) < 4.78 is 10.2. The molecule has 4 heteroatoms. The molecule has 0 bridgehead atoms. The lowest BCUT2D eigenvalue weighted by Crippen LogP contribution is -2.09. The van der Waals surface area contributed by atoms with Crippen LogP contribution in [0.3, 0.4) is 0 Å². The number of para-hydroxylation sites is 1. The third-order valence-electron chi connectivity index (χ3n) is 2.52. The first-order valence-electron chi connectivity index (χ1n) is 5.80. The highest BCUT2D eigenvalue weighted by molar-refractivity contribution is 5.84. The molecule has 2 aromatic rings. The first-order chi connectivity index (χ1) is 8.31. The topological polar surface area (TPSA) is 52.3 Å². The van der Waals surface area contributed by atoms with Gasteiger partial charge in [0.05, 0.1) is 13.0 Å². The zero-order valence-electron chi connectivity index (χ0n) is 9.81. The number of aromatic nitrogens is 1. The Morgan fingerprint density at radius 2 is 2.24 bits per heavy atom. The number of hydrogen-bond donors (Lipinski definition) is 0. The number of rotatable bonds is 5. The molecule has 1 aromatic carbocycles. The van der Waals surface area contributed by atoms with E-state index >= 15 is 0 Å². The van der Waals surface area contributed by atoms with Gasteiger partial charge < -0.3 is 9.26 Å². The predicted molar refractivity (Wildman–Crippen MR) is 63.6 cm³/mol. The third kappa shape index (κ3) is 2.84. The number of nitrogens with zero attached hydrogens (tertiary/aromatic N) is 1. The summed E-state index contributed by atoms with van der Waals surface area (Å²) in [6.45, 7) is 2.53. The smallest absolute Gasteiger partial charge is 0.312 e. The van der Waals surface area contributed by atoms with Crippen LogP contribution >= 0.6 is 0 Å². The van der Waals surface area contributed by atoms with Crippen molar-refractivity contribution in [3.8, 4) is 0 Å². The monoisotopic (exact) mass is 233 g/mol. The molecular weight excluding hydrogens is 218 g/mol. The Morgan fingerprint density at radius 1 is 1.41 bits per heavy atom. The van der Waals surface area contributed by atoms with E-state index in [1.807, 2.05) is 24.3 Å². The van der Waals surface area contributed by atoms with Crippen molar-refractivity contribution in [3.63, 3.8) is 0 Å². The highest BCUT2D eigenvalue weighted by Crippen LogP contribution is 2.18. The molecule has 1 heterocycles. The van der Waals surface area contributed by atoms with E-state index in [1.54, 1.807) is 0 Å². The first kappa shape index (κ1) is 11.6. The average molecular weight is 233 g/mol. The van der Waals surface area contributed by atoms with Crippen LogP contribution in [-0.4, -0.2) is 17.7 Å². The molecule has 0 atom stereocenters. The minimum atomic E-state index is -0.252. The van der Waals surface area contributed by atoms with E-state index < -0.39 is 0 Å². The standard InChI is InChI=1S/C13H15NO3/c1-2-3-8-16-13(15)9-11-10-6-4-5-7-12(10)17-14-11/h4-7H,2-3,8-9H2,1H3. The molecular formula is C13H15NO3. The molecule has 0 saturated heterocycles. The second-order valence-corrected chi connectivity index (χ2v) is 3.88. The first-order valence-corrected chi connectivity index (χ1v) is 5.80. The van der Waals surface area contributed by atoms with Gasteiger partial charge in [-0.05, 0) is 18.6 Å².